The summed E-state index contributed by atoms with van der Waals surface area (Å²) in [5.41, 5.74) is 0.722. The molecule has 3 rings (SSSR count). The third-order valence-corrected chi connectivity index (χ3v) is 4.84. The van der Waals surface area contributed by atoms with Crippen molar-refractivity contribution in [2.75, 3.05) is 6.54 Å². The van der Waals surface area contributed by atoms with Crippen LogP contribution in [0.1, 0.15) is 39.6 Å². The molecule has 5 nitrogen and oxygen atoms in total. The number of benzene rings is 2. The zero-order valence-corrected chi connectivity index (χ0v) is 14.2. The van der Waals surface area contributed by atoms with Gasteiger partial charge in [-0.1, -0.05) is 18.2 Å². The Morgan fingerprint density at radius 3 is 2.23 bits per heavy atom. The summed E-state index contributed by atoms with van der Waals surface area (Å²) in [7, 11) is 0. The highest BCUT2D eigenvalue weighted by Gasteiger charge is 2.39. The van der Waals surface area contributed by atoms with Crippen molar-refractivity contribution in [3.05, 3.63) is 71.0 Å². The van der Waals surface area contributed by atoms with Crippen LogP contribution in [0, 0.1) is 11.7 Å². The maximum absolute atomic E-state index is 13.1. The molecule has 1 amide bonds. The summed E-state index contributed by atoms with van der Waals surface area (Å²) in [6.07, 6.45) is 0.385. The van der Waals surface area contributed by atoms with Crippen molar-refractivity contribution in [3.8, 4) is 0 Å². The molecule has 1 saturated heterocycles. The number of carbonyl (C=O) groups excluding carboxylic acids is 2. The number of amides is 1. The fourth-order valence-electron chi connectivity index (χ4n) is 3.34. The molecule has 1 aliphatic heterocycles. The van der Waals surface area contributed by atoms with Gasteiger partial charge < -0.3 is 10.0 Å². The van der Waals surface area contributed by atoms with E-state index >= 15 is 0 Å². The maximum atomic E-state index is 13.1. The second kappa shape index (κ2) is 7.07. The SMILES string of the molecule is CC1C(C(=O)O)CCN1C(=O)c1ccccc1C(=O)c1ccc(F)cc1. The number of carboxylic acids is 1. The lowest BCUT2D eigenvalue weighted by atomic mass is 9.97. The summed E-state index contributed by atoms with van der Waals surface area (Å²) in [6.45, 7) is 2.03. The number of carboxylic acid groups (broad SMARTS) is 1. The lowest BCUT2D eigenvalue weighted by Crippen LogP contribution is -2.38. The number of halogens is 1. The normalized spacial score (nSPS) is 19.4. The van der Waals surface area contributed by atoms with Crippen LogP contribution in [0.5, 0.6) is 0 Å². The van der Waals surface area contributed by atoms with E-state index in [2.05, 4.69) is 0 Å². The fraction of sp³-hybridized carbons (Fsp3) is 0.250. The number of nitrogens with zero attached hydrogens (tertiary/aromatic N) is 1. The van der Waals surface area contributed by atoms with Gasteiger partial charge in [0, 0.05) is 23.7 Å². The largest absolute Gasteiger partial charge is 0.481 e. The van der Waals surface area contributed by atoms with E-state index in [-0.39, 0.29) is 28.4 Å². The quantitative estimate of drug-likeness (QED) is 0.856. The van der Waals surface area contributed by atoms with Gasteiger partial charge in [-0.25, -0.2) is 4.39 Å². The molecule has 6 heteroatoms. The molecule has 134 valence electrons. The smallest absolute Gasteiger partial charge is 0.308 e. The molecule has 0 aliphatic carbocycles. The number of hydrogen-bond acceptors (Lipinski definition) is 3. The average molecular weight is 355 g/mol. The predicted octanol–water partition coefficient (Wildman–Crippen LogP) is 2.99. The van der Waals surface area contributed by atoms with E-state index in [0.29, 0.717) is 13.0 Å². The van der Waals surface area contributed by atoms with E-state index in [9.17, 15) is 23.9 Å². The summed E-state index contributed by atoms with van der Waals surface area (Å²) in [5, 5.41) is 9.24. The Morgan fingerprint density at radius 1 is 1.04 bits per heavy atom. The Labute approximate surface area is 150 Å². The van der Waals surface area contributed by atoms with Crippen LogP contribution in [0.25, 0.3) is 0 Å². The summed E-state index contributed by atoms with van der Waals surface area (Å²) >= 11 is 0. The maximum Gasteiger partial charge on any atom is 0.308 e. The topological polar surface area (TPSA) is 74.7 Å². The van der Waals surface area contributed by atoms with Gasteiger partial charge in [-0.2, -0.15) is 0 Å². The first kappa shape index (κ1) is 17.8. The molecule has 2 atom stereocenters. The lowest BCUT2D eigenvalue weighted by Gasteiger charge is -2.24. The summed E-state index contributed by atoms with van der Waals surface area (Å²) in [6, 6.07) is 11.1. The van der Waals surface area contributed by atoms with Gasteiger partial charge in [0.15, 0.2) is 5.78 Å². The van der Waals surface area contributed by atoms with Gasteiger partial charge in [-0.15, -0.1) is 0 Å². The van der Waals surface area contributed by atoms with Gasteiger partial charge in [0.25, 0.3) is 5.91 Å². The first-order valence-electron chi connectivity index (χ1n) is 8.33. The van der Waals surface area contributed by atoms with Crippen LogP contribution in [0.2, 0.25) is 0 Å². The summed E-state index contributed by atoms with van der Waals surface area (Å²) < 4.78 is 13.1. The van der Waals surface area contributed by atoms with Crippen molar-refractivity contribution >= 4 is 17.7 Å². The van der Waals surface area contributed by atoms with Crippen molar-refractivity contribution in [2.24, 2.45) is 5.92 Å². The van der Waals surface area contributed by atoms with E-state index in [0.717, 1.165) is 0 Å². The second-order valence-electron chi connectivity index (χ2n) is 6.35. The van der Waals surface area contributed by atoms with E-state index in [1.54, 1.807) is 31.2 Å². The third-order valence-electron chi connectivity index (χ3n) is 4.84. The first-order chi connectivity index (χ1) is 12.4. The molecule has 0 spiro atoms. The average Bonchev–Trinajstić information content (AvgIpc) is 3.03. The monoisotopic (exact) mass is 355 g/mol. The van der Waals surface area contributed by atoms with Gasteiger partial charge in [0.2, 0.25) is 0 Å². The molecule has 1 N–H and O–H groups in total. The minimum absolute atomic E-state index is 0.218. The molecule has 0 radical (unpaired) electrons. The molecule has 0 aromatic heterocycles. The molecule has 1 heterocycles. The highest BCUT2D eigenvalue weighted by Crippen LogP contribution is 2.27. The zero-order chi connectivity index (χ0) is 18.8. The van der Waals surface area contributed by atoms with Crippen molar-refractivity contribution in [1.29, 1.82) is 0 Å². The van der Waals surface area contributed by atoms with Crippen LogP contribution in [0.3, 0.4) is 0 Å². The minimum atomic E-state index is -0.927. The van der Waals surface area contributed by atoms with E-state index < -0.39 is 23.7 Å². The van der Waals surface area contributed by atoms with E-state index in [4.69, 9.17) is 0 Å². The van der Waals surface area contributed by atoms with E-state index in [1.807, 2.05) is 0 Å². The standard InChI is InChI=1S/C20H18FNO4/c1-12-15(20(25)26)10-11-22(12)19(24)17-5-3-2-4-16(17)18(23)13-6-8-14(21)9-7-13/h2-9,12,15H,10-11H2,1H3,(H,25,26). The zero-order valence-electron chi connectivity index (χ0n) is 14.2. The third kappa shape index (κ3) is 3.22. The van der Waals surface area contributed by atoms with Crippen LogP contribution in [-0.4, -0.2) is 40.3 Å². The van der Waals surface area contributed by atoms with Gasteiger partial charge >= 0.3 is 5.97 Å². The number of likely N-dealkylation sites (tertiary alicyclic amines) is 1. The minimum Gasteiger partial charge on any atom is -0.481 e. The second-order valence-corrected chi connectivity index (χ2v) is 6.35. The van der Waals surface area contributed by atoms with Crippen molar-refractivity contribution in [1.82, 2.24) is 4.90 Å². The van der Waals surface area contributed by atoms with Crippen LogP contribution in [0.15, 0.2) is 48.5 Å². The van der Waals surface area contributed by atoms with Crippen LogP contribution < -0.4 is 0 Å². The molecule has 2 aromatic rings. The van der Waals surface area contributed by atoms with Gasteiger partial charge in [0.1, 0.15) is 5.82 Å². The van der Waals surface area contributed by atoms with Crippen molar-refractivity contribution in [3.63, 3.8) is 0 Å². The number of rotatable bonds is 4. The molecule has 0 bridgehead atoms. The fourth-order valence-corrected chi connectivity index (χ4v) is 3.34. The molecule has 2 unspecified atom stereocenters. The van der Waals surface area contributed by atoms with Crippen molar-refractivity contribution in [2.45, 2.75) is 19.4 Å². The highest BCUT2D eigenvalue weighted by atomic mass is 19.1. The number of ketones is 1. The van der Waals surface area contributed by atoms with Gasteiger partial charge in [-0.05, 0) is 43.7 Å². The Bertz CT molecular complexity index is 862. The Balaban J connectivity index is 1.92. The van der Waals surface area contributed by atoms with Gasteiger partial charge in [0.05, 0.1) is 11.5 Å². The Hall–Kier alpha value is -3.02. The first-order valence-corrected chi connectivity index (χ1v) is 8.33. The molecule has 1 aliphatic rings. The van der Waals surface area contributed by atoms with Gasteiger partial charge in [-0.3, -0.25) is 14.4 Å². The number of hydrogen-bond donors (Lipinski definition) is 1. The summed E-state index contributed by atoms with van der Waals surface area (Å²) in [5.74, 6) is -2.73. The predicted molar refractivity (Wildman–Crippen MR) is 92.5 cm³/mol. The number of aliphatic carboxylic acids is 1. The molecule has 1 fully saturated rings. The molecular weight excluding hydrogens is 337 g/mol. The van der Waals surface area contributed by atoms with Crippen molar-refractivity contribution < 1.29 is 23.9 Å². The molecule has 2 aromatic carbocycles. The molecule has 26 heavy (non-hydrogen) atoms. The number of carbonyl (C=O) groups is 3. The van der Waals surface area contributed by atoms with Crippen LogP contribution in [-0.2, 0) is 4.79 Å². The van der Waals surface area contributed by atoms with E-state index in [1.165, 1.54) is 29.2 Å². The Kier molecular flexibility index (Phi) is 4.84. The Morgan fingerprint density at radius 2 is 1.65 bits per heavy atom. The molecule has 0 saturated carbocycles. The molecular formula is C20H18FNO4. The van der Waals surface area contributed by atoms with Crippen LogP contribution >= 0.6 is 0 Å². The summed E-state index contributed by atoms with van der Waals surface area (Å²) in [4.78, 5) is 38.5. The lowest BCUT2D eigenvalue weighted by molar-refractivity contribution is -0.142. The van der Waals surface area contributed by atoms with Crippen LogP contribution in [0.4, 0.5) is 4.39 Å². The highest BCUT2D eigenvalue weighted by molar-refractivity contribution is 6.15.